The van der Waals surface area contributed by atoms with Gasteiger partial charge in [-0.2, -0.15) is 5.10 Å². The molecule has 2 aromatic carbocycles. The summed E-state index contributed by atoms with van der Waals surface area (Å²) in [5.74, 6) is 0.812. The highest BCUT2D eigenvalue weighted by atomic mass is 16.5. The van der Waals surface area contributed by atoms with Gasteiger partial charge in [0.25, 0.3) is 5.91 Å². The minimum atomic E-state index is -0.0929. The SMILES string of the molecule is COc1cccc(C2=NN(C(=O)CN3CCOCC3)[C@@H](c3cccc(C)c3)C2)c1. The summed E-state index contributed by atoms with van der Waals surface area (Å²) in [5.41, 5.74) is 4.19. The minimum Gasteiger partial charge on any atom is -0.497 e. The second-order valence-corrected chi connectivity index (χ2v) is 7.54. The summed E-state index contributed by atoms with van der Waals surface area (Å²) >= 11 is 0. The van der Waals surface area contributed by atoms with Crippen molar-refractivity contribution in [2.75, 3.05) is 40.0 Å². The molecule has 0 saturated carbocycles. The Labute approximate surface area is 171 Å². The number of hydrogen-bond donors (Lipinski definition) is 0. The van der Waals surface area contributed by atoms with E-state index in [4.69, 9.17) is 14.6 Å². The zero-order valence-electron chi connectivity index (χ0n) is 17.0. The van der Waals surface area contributed by atoms with Crippen molar-refractivity contribution < 1.29 is 14.3 Å². The normalized spacial score (nSPS) is 19.9. The predicted octanol–water partition coefficient (Wildman–Crippen LogP) is 3.01. The lowest BCUT2D eigenvalue weighted by atomic mass is 9.97. The average molecular weight is 393 g/mol. The molecular weight excluding hydrogens is 366 g/mol. The van der Waals surface area contributed by atoms with Gasteiger partial charge < -0.3 is 9.47 Å². The van der Waals surface area contributed by atoms with E-state index in [2.05, 4.69) is 30.0 Å². The minimum absolute atomic E-state index is 0.0244. The van der Waals surface area contributed by atoms with E-state index in [1.165, 1.54) is 5.56 Å². The van der Waals surface area contributed by atoms with Gasteiger partial charge in [-0.15, -0.1) is 0 Å². The topological polar surface area (TPSA) is 54.4 Å². The molecule has 0 unspecified atom stereocenters. The Morgan fingerprint density at radius 2 is 1.97 bits per heavy atom. The smallest absolute Gasteiger partial charge is 0.257 e. The van der Waals surface area contributed by atoms with E-state index in [0.717, 1.165) is 35.7 Å². The van der Waals surface area contributed by atoms with Gasteiger partial charge >= 0.3 is 0 Å². The number of amides is 1. The number of ether oxygens (including phenoxy) is 2. The quantitative estimate of drug-likeness (QED) is 0.784. The van der Waals surface area contributed by atoms with Gasteiger partial charge in [-0.1, -0.05) is 42.0 Å². The van der Waals surface area contributed by atoms with E-state index in [0.29, 0.717) is 26.2 Å². The number of benzene rings is 2. The Balaban J connectivity index is 1.62. The third-order valence-electron chi connectivity index (χ3n) is 5.46. The first-order valence-corrected chi connectivity index (χ1v) is 10.0. The number of aryl methyl sites for hydroxylation is 1. The second kappa shape index (κ2) is 8.76. The predicted molar refractivity (Wildman–Crippen MR) is 112 cm³/mol. The monoisotopic (exact) mass is 393 g/mol. The Morgan fingerprint density at radius 1 is 1.17 bits per heavy atom. The summed E-state index contributed by atoms with van der Waals surface area (Å²) in [5, 5.41) is 6.45. The summed E-state index contributed by atoms with van der Waals surface area (Å²) in [6, 6.07) is 16.1. The van der Waals surface area contributed by atoms with Crippen molar-refractivity contribution in [2.45, 2.75) is 19.4 Å². The van der Waals surface area contributed by atoms with Crippen LogP contribution in [-0.2, 0) is 9.53 Å². The van der Waals surface area contributed by atoms with E-state index in [-0.39, 0.29) is 11.9 Å². The Hall–Kier alpha value is -2.70. The molecule has 2 aliphatic heterocycles. The van der Waals surface area contributed by atoms with Crippen molar-refractivity contribution in [3.05, 3.63) is 65.2 Å². The summed E-state index contributed by atoms with van der Waals surface area (Å²) in [7, 11) is 1.66. The third-order valence-corrected chi connectivity index (χ3v) is 5.46. The first-order chi connectivity index (χ1) is 14.1. The maximum absolute atomic E-state index is 13.2. The van der Waals surface area contributed by atoms with Crippen LogP contribution in [0.4, 0.5) is 0 Å². The molecule has 1 fully saturated rings. The van der Waals surface area contributed by atoms with Crippen molar-refractivity contribution in [3.63, 3.8) is 0 Å². The third kappa shape index (κ3) is 4.49. The molecule has 152 valence electrons. The Bertz CT molecular complexity index is 906. The molecule has 0 bridgehead atoms. The lowest BCUT2D eigenvalue weighted by molar-refractivity contribution is -0.135. The van der Waals surface area contributed by atoms with Crippen molar-refractivity contribution in [1.82, 2.24) is 9.91 Å². The molecule has 2 aromatic rings. The van der Waals surface area contributed by atoms with E-state index in [1.807, 2.05) is 30.3 Å². The number of carbonyl (C=O) groups is 1. The van der Waals surface area contributed by atoms with E-state index < -0.39 is 0 Å². The van der Waals surface area contributed by atoms with Gasteiger partial charge in [-0.3, -0.25) is 9.69 Å². The van der Waals surface area contributed by atoms with Crippen LogP contribution in [0.5, 0.6) is 5.75 Å². The molecule has 0 aromatic heterocycles. The number of hydrazone groups is 1. The summed E-state index contributed by atoms with van der Waals surface area (Å²) in [6.07, 6.45) is 0.686. The number of nitrogens with zero attached hydrogens (tertiary/aromatic N) is 3. The van der Waals surface area contributed by atoms with E-state index in [1.54, 1.807) is 12.1 Å². The molecule has 1 atom stereocenters. The van der Waals surface area contributed by atoms with Crippen LogP contribution >= 0.6 is 0 Å². The largest absolute Gasteiger partial charge is 0.497 e. The molecule has 2 aliphatic rings. The van der Waals surface area contributed by atoms with Crippen LogP contribution in [-0.4, -0.2) is 61.5 Å². The standard InChI is InChI=1S/C23H27N3O3/c1-17-5-3-7-19(13-17)22-15-21(18-6-4-8-20(14-18)28-2)24-26(22)23(27)16-25-9-11-29-12-10-25/h3-8,13-14,22H,9-12,15-16H2,1-2H3/t22-/m1/s1. The number of rotatable bonds is 5. The molecule has 6 heteroatoms. The van der Waals surface area contributed by atoms with Crippen molar-refractivity contribution >= 4 is 11.6 Å². The molecule has 4 rings (SSSR count). The van der Waals surface area contributed by atoms with Crippen molar-refractivity contribution in [1.29, 1.82) is 0 Å². The number of morpholine rings is 1. The number of carbonyl (C=O) groups excluding carboxylic acids is 1. The zero-order valence-corrected chi connectivity index (χ0v) is 17.0. The molecule has 2 heterocycles. The first-order valence-electron chi connectivity index (χ1n) is 10.0. The van der Waals surface area contributed by atoms with Crippen LogP contribution in [0.3, 0.4) is 0 Å². The molecule has 0 radical (unpaired) electrons. The van der Waals surface area contributed by atoms with Crippen LogP contribution in [0.15, 0.2) is 53.6 Å². The zero-order chi connectivity index (χ0) is 20.2. The Kier molecular flexibility index (Phi) is 5.92. The first kappa shape index (κ1) is 19.6. The van der Waals surface area contributed by atoms with Crippen molar-refractivity contribution in [3.8, 4) is 5.75 Å². The van der Waals surface area contributed by atoms with Gasteiger partial charge in [-0.05, 0) is 24.6 Å². The highest BCUT2D eigenvalue weighted by molar-refractivity contribution is 6.03. The fourth-order valence-corrected chi connectivity index (χ4v) is 3.88. The number of methoxy groups -OCH3 is 1. The van der Waals surface area contributed by atoms with Gasteiger partial charge in [0.15, 0.2) is 0 Å². The highest BCUT2D eigenvalue weighted by Gasteiger charge is 2.34. The molecule has 1 amide bonds. The average Bonchev–Trinajstić information content (AvgIpc) is 3.20. The lowest BCUT2D eigenvalue weighted by Gasteiger charge is -2.29. The molecule has 0 spiro atoms. The van der Waals surface area contributed by atoms with Gasteiger partial charge in [0.05, 0.1) is 38.6 Å². The van der Waals surface area contributed by atoms with Gasteiger partial charge in [0, 0.05) is 25.1 Å². The summed E-state index contributed by atoms with van der Waals surface area (Å²) in [4.78, 5) is 15.3. The van der Waals surface area contributed by atoms with Crippen LogP contribution in [0, 0.1) is 6.92 Å². The van der Waals surface area contributed by atoms with Gasteiger partial charge in [0.1, 0.15) is 5.75 Å². The van der Waals surface area contributed by atoms with Gasteiger partial charge in [-0.25, -0.2) is 5.01 Å². The van der Waals surface area contributed by atoms with E-state index in [9.17, 15) is 4.79 Å². The molecule has 29 heavy (non-hydrogen) atoms. The summed E-state index contributed by atoms with van der Waals surface area (Å²) < 4.78 is 10.8. The van der Waals surface area contributed by atoms with Crippen LogP contribution in [0.2, 0.25) is 0 Å². The molecule has 0 aliphatic carbocycles. The van der Waals surface area contributed by atoms with Crippen LogP contribution in [0.25, 0.3) is 0 Å². The maximum atomic E-state index is 13.2. The summed E-state index contributed by atoms with van der Waals surface area (Å²) in [6.45, 7) is 5.34. The van der Waals surface area contributed by atoms with Crippen LogP contribution in [0.1, 0.15) is 29.2 Å². The second-order valence-electron chi connectivity index (χ2n) is 7.54. The van der Waals surface area contributed by atoms with Gasteiger partial charge in [0.2, 0.25) is 0 Å². The van der Waals surface area contributed by atoms with Crippen molar-refractivity contribution in [2.24, 2.45) is 5.10 Å². The Morgan fingerprint density at radius 3 is 2.72 bits per heavy atom. The fraction of sp³-hybridized carbons (Fsp3) is 0.391. The van der Waals surface area contributed by atoms with Crippen LogP contribution < -0.4 is 4.74 Å². The lowest BCUT2D eigenvalue weighted by Crippen LogP contribution is -2.43. The maximum Gasteiger partial charge on any atom is 0.257 e. The fourth-order valence-electron chi connectivity index (χ4n) is 3.88. The number of hydrogen-bond acceptors (Lipinski definition) is 5. The molecule has 1 saturated heterocycles. The molecule has 0 N–H and O–H groups in total. The molecular formula is C23H27N3O3. The molecule has 6 nitrogen and oxygen atoms in total. The van der Waals surface area contributed by atoms with E-state index >= 15 is 0 Å². The highest BCUT2D eigenvalue weighted by Crippen LogP contribution is 2.34.